The molecular formula is C14H16ClN. The summed E-state index contributed by atoms with van der Waals surface area (Å²) >= 11 is 6.00. The van der Waals surface area contributed by atoms with Crippen molar-refractivity contribution < 1.29 is 0 Å². The summed E-state index contributed by atoms with van der Waals surface area (Å²) in [6, 6.07) is 7.79. The zero-order valence-corrected chi connectivity index (χ0v) is 10.4. The summed E-state index contributed by atoms with van der Waals surface area (Å²) in [5.41, 5.74) is 9.73. The van der Waals surface area contributed by atoms with Crippen molar-refractivity contribution in [3.05, 3.63) is 58.1 Å². The highest BCUT2D eigenvalue weighted by molar-refractivity contribution is 6.30. The average Bonchev–Trinajstić information content (AvgIpc) is 2.24. The molecule has 0 amide bonds. The van der Waals surface area contributed by atoms with Crippen LogP contribution in [0.2, 0.25) is 5.02 Å². The van der Waals surface area contributed by atoms with Gasteiger partial charge in [-0.25, -0.2) is 0 Å². The van der Waals surface area contributed by atoms with Gasteiger partial charge in [-0.1, -0.05) is 47.0 Å². The van der Waals surface area contributed by atoms with E-state index in [1.807, 2.05) is 24.3 Å². The maximum Gasteiger partial charge on any atom is 0.0636 e. The molecule has 0 fully saturated rings. The molecule has 1 nitrogen and oxygen atoms in total. The molecule has 1 aliphatic rings. The molecule has 1 aliphatic carbocycles. The molecule has 1 aromatic rings. The van der Waals surface area contributed by atoms with Crippen molar-refractivity contribution in [3.63, 3.8) is 0 Å². The van der Waals surface area contributed by atoms with Gasteiger partial charge in [0.2, 0.25) is 0 Å². The van der Waals surface area contributed by atoms with Crippen LogP contribution in [0.1, 0.15) is 25.8 Å². The van der Waals surface area contributed by atoms with Crippen molar-refractivity contribution >= 4 is 11.6 Å². The summed E-state index contributed by atoms with van der Waals surface area (Å²) in [5, 5.41) is 0.736. The maximum absolute atomic E-state index is 6.42. The fourth-order valence-corrected chi connectivity index (χ4v) is 2.22. The largest absolute Gasteiger partial charge is 0.318 e. The van der Waals surface area contributed by atoms with Gasteiger partial charge < -0.3 is 5.73 Å². The van der Waals surface area contributed by atoms with Crippen molar-refractivity contribution in [1.29, 1.82) is 0 Å². The van der Waals surface area contributed by atoms with Gasteiger partial charge in [0.25, 0.3) is 0 Å². The molecule has 0 radical (unpaired) electrons. The first kappa shape index (κ1) is 11.4. The third-order valence-electron chi connectivity index (χ3n) is 3.22. The van der Waals surface area contributed by atoms with E-state index in [0.717, 1.165) is 17.0 Å². The van der Waals surface area contributed by atoms with E-state index in [2.05, 4.69) is 26.0 Å². The van der Waals surface area contributed by atoms with E-state index in [-0.39, 0.29) is 0 Å². The lowest BCUT2D eigenvalue weighted by molar-refractivity contribution is 0.545. The van der Waals surface area contributed by atoms with Crippen LogP contribution >= 0.6 is 11.6 Å². The van der Waals surface area contributed by atoms with Gasteiger partial charge in [-0.05, 0) is 38.0 Å². The molecule has 0 heterocycles. The average molecular weight is 234 g/mol. The van der Waals surface area contributed by atoms with Gasteiger partial charge in [-0.15, -0.1) is 0 Å². The lowest BCUT2D eigenvalue weighted by Gasteiger charge is -2.31. The minimum Gasteiger partial charge on any atom is -0.318 e. The molecule has 84 valence electrons. The predicted molar refractivity (Wildman–Crippen MR) is 69.4 cm³/mol. The van der Waals surface area contributed by atoms with Gasteiger partial charge in [-0.2, -0.15) is 0 Å². The van der Waals surface area contributed by atoms with Crippen LogP contribution in [0.4, 0.5) is 0 Å². The quantitative estimate of drug-likeness (QED) is 0.785. The van der Waals surface area contributed by atoms with Crippen molar-refractivity contribution in [1.82, 2.24) is 0 Å². The third-order valence-corrected chi connectivity index (χ3v) is 3.46. The number of benzene rings is 1. The van der Waals surface area contributed by atoms with Gasteiger partial charge in [-0.3, -0.25) is 0 Å². The molecule has 2 N–H and O–H groups in total. The fraction of sp³-hybridized carbons (Fsp3) is 0.286. The number of halogens is 1. The minimum absolute atomic E-state index is 0.408. The fourth-order valence-electron chi connectivity index (χ4n) is 2.03. The van der Waals surface area contributed by atoms with E-state index < -0.39 is 5.54 Å². The monoisotopic (exact) mass is 233 g/mol. The zero-order chi connectivity index (χ0) is 11.8. The highest BCUT2D eigenvalue weighted by Crippen LogP contribution is 2.33. The van der Waals surface area contributed by atoms with Crippen LogP contribution in [-0.4, -0.2) is 0 Å². The van der Waals surface area contributed by atoms with Gasteiger partial charge in [0.05, 0.1) is 5.54 Å². The Balaban J connectivity index is 2.39. The Morgan fingerprint density at radius 1 is 1.31 bits per heavy atom. The standard InChI is InChI=1S/C14H16ClN/c1-10-6-7-14(16,9-11(10)2)12-4-3-5-13(15)8-12/h3-8H,9,16H2,1-2H3. The van der Waals surface area contributed by atoms with Crippen molar-refractivity contribution in [2.75, 3.05) is 0 Å². The lowest BCUT2D eigenvalue weighted by atomic mass is 9.80. The molecule has 2 rings (SSSR count). The second-order valence-corrected chi connectivity index (χ2v) is 4.96. The number of hydrogen-bond donors (Lipinski definition) is 1. The number of hydrogen-bond acceptors (Lipinski definition) is 1. The number of nitrogens with two attached hydrogens (primary N) is 1. The lowest BCUT2D eigenvalue weighted by Crippen LogP contribution is -2.36. The van der Waals surface area contributed by atoms with Crippen molar-refractivity contribution in [2.24, 2.45) is 5.73 Å². The molecule has 1 atom stereocenters. The molecule has 0 saturated carbocycles. The Bertz CT molecular complexity index is 473. The van der Waals surface area contributed by atoms with E-state index in [1.165, 1.54) is 11.1 Å². The van der Waals surface area contributed by atoms with Crippen LogP contribution < -0.4 is 5.73 Å². The normalized spacial score (nSPS) is 25.0. The summed E-state index contributed by atoms with van der Waals surface area (Å²) in [7, 11) is 0. The summed E-state index contributed by atoms with van der Waals surface area (Å²) in [6.45, 7) is 4.24. The molecule has 0 aliphatic heterocycles. The molecule has 0 saturated heterocycles. The molecule has 1 aromatic carbocycles. The van der Waals surface area contributed by atoms with Crippen LogP contribution in [0, 0.1) is 0 Å². The Morgan fingerprint density at radius 2 is 2.06 bits per heavy atom. The van der Waals surface area contributed by atoms with Crippen molar-refractivity contribution in [2.45, 2.75) is 25.8 Å². The van der Waals surface area contributed by atoms with E-state index in [9.17, 15) is 0 Å². The highest BCUT2D eigenvalue weighted by Gasteiger charge is 2.27. The summed E-state index contributed by atoms with van der Waals surface area (Å²) < 4.78 is 0. The molecule has 1 unspecified atom stereocenters. The maximum atomic E-state index is 6.42. The summed E-state index contributed by atoms with van der Waals surface area (Å²) in [6.07, 6.45) is 5.02. The molecule has 16 heavy (non-hydrogen) atoms. The Hall–Kier alpha value is -1.05. The summed E-state index contributed by atoms with van der Waals surface area (Å²) in [5.74, 6) is 0. The minimum atomic E-state index is -0.408. The molecule has 2 heteroatoms. The number of rotatable bonds is 1. The smallest absolute Gasteiger partial charge is 0.0636 e. The van der Waals surface area contributed by atoms with Gasteiger partial charge >= 0.3 is 0 Å². The SMILES string of the molecule is CC1=C(C)CC(N)(c2cccc(Cl)c2)C=C1. The highest BCUT2D eigenvalue weighted by atomic mass is 35.5. The number of allylic oxidation sites excluding steroid dienone is 2. The van der Waals surface area contributed by atoms with Gasteiger partial charge in [0, 0.05) is 5.02 Å². The van der Waals surface area contributed by atoms with Crippen LogP contribution in [-0.2, 0) is 5.54 Å². The second kappa shape index (κ2) is 4.08. The zero-order valence-electron chi connectivity index (χ0n) is 9.63. The Labute approximate surface area is 102 Å². The van der Waals surface area contributed by atoms with Crippen LogP contribution in [0.5, 0.6) is 0 Å². The molecular weight excluding hydrogens is 218 g/mol. The van der Waals surface area contributed by atoms with E-state index >= 15 is 0 Å². The topological polar surface area (TPSA) is 26.0 Å². The van der Waals surface area contributed by atoms with Crippen LogP contribution in [0.25, 0.3) is 0 Å². The van der Waals surface area contributed by atoms with Crippen LogP contribution in [0.15, 0.2) is 47.6 Å². The summed E-state index contributed by atoms with van der Waals surface area (Å²) in [4.78, 5) is 0. The van der Waals surface area contributed by atoms with Crippen molar-refractivity contribution in [3.8, 4) is 0 Å². The first-order valence-corrected chi connectivity index (χ1v) is 5.79. The Kier molecular flexibility index (Phi) is 2.92. The van der Waals surface area contributed by atoms with E-state index in [1.54, 1.807) is 0 Å². The predicted octanol–water partition coefficient (Wildman–Crippen LogP) is 3.79. The van der Waals surface area contributed by atoms with Gasteiger partial charge in [0.1, 0.15) is 0 Å². The first-order chi connectivity index (χ1) is 7.51. The second-order valence-electron chi connectivity index (χ2n) is 4.52. The van der Waals surface area contributed by atoms with Crippen LogP contribution in [0.3, 0.4) is 0 Å². The van der Waals surface area contributed by atoms with Gasteiger partial charge in [0.15, 0.2) is 0 Å². The Morgan fingerprint density at radius 3 is 2.69 bits per heavy atom. The molecule has 0 spiro atoms. The third kappa shape index (κ3) is 2.06. The van der Waals surface area contributed by atoms with E-state index in [0.29, 0.717) is 0 Å². The van der Waals surface area contributed by atoms with E-state index in [4.69, 9.17) is 17.3 Å². The first-order valence-electron chi connectivity index (χ1n) is 5.42. The molecule has 0 bridgehead atoms. The molecule has 0 aromatic heterocycles.